The first-order valence-corrected chi connectivity index (χ1v) is 17.5. The Labute approximate surface area is 215 Å². The Balaban J connectivity index is 3.88. The number of ether oxygens (including phenoxy) is 2. The molecule has 1 rings (SSSR count). The minimum atomic E-state index is -2.59. The van der Waals surface area contributed by atoms with Crippen LogP contribution in [0.25, 0.3) is 0 Å². The van der Waals surface area contributed by atoms with Crippen LogP contribution < -0.4 is 0 Å². The van der Waals surface area contributed by atoms with Crippen LogP contribution >= 0.6 is 0 Å². The average Bonchev–Trinajstić information content (AvgIpc) is 2.93. The van der Waals surface area contributed by atoms with E-state index < -0.39 is 52.3 Å². The molecule has 0 aromatic heterocycles. The minimum Gasteiger partial charge on any atom is -0.466 e. The highest BCUT2D eigenvalue weighted by Crippen LogP contribution is 2.49. The Kier molecular flexibility index (Phi) is 11.0. The van der Waals surface area contributed by atoms with Crippen LogP contribution in [0.15, 0.2) is 0 Å². The number of carbonyl (C=O) groups excluding carboxylic acids is 2. The second-order valence-electron chi connectivity index (χ2n) is 12.0. The number of hydrogen-bond acceptors (Lipinski definition) is 7. The molecule has 206 valence electrons. The fourth-order valence-corrected chi connectivity index (χ4v) is 18.1. The second kappa shape index (κ2) is 11.9. The number of esters is 1. The number of aliphatic hydroxyl groups is 1. The summed E-state index contributed by atoms with van der Waals surface area (Å²) < 4.78 is 24.5. The number of rotatable bonds is 12. The molecule has 35 heavy (non-hydrogen) atoms. The molecule has 1 saturated carbocycles. The molecule has 1 unspecified atom stereocenters. The highest BCUT2D eigenvalue weighted by molar-refractivity contribution is 6.78. The van der Waals surface area contributed by atoms with Gasteiger partial charge in [-0.3, -0.25) is 4.79 Å². The third-order valence-electron chi connectivity index (χ3n) is 8.55. The van der Waals surface area contributed by atoms with Crippen molar-refractivity contribution in [3.63, 3.8) is 0 Å². The van der Waals surface area contributed by atoms with Crippen LogP contribution in [-0.4, -0.2) is 71.6 Å². The summed E-state index contributed by atoms with van der Waals surface area (Å²) in [6.07, 6.45) is -3.69. The van der Waals surface area contributed by atoms with Gasteiger partial charge in [0.1, 0.15) is 18.3 Å². The number of ketones is 1. The Hall–Kier alpha value is -0.586. The van der Waals surface area contributed by atoms with Gasteiger partial charge in [-0.2, -0.15) is 0 Å². The largest absolute Gasteiger partial charge is 0.466 e. The van der Waals surface area contributed by atoms with Crippen molar-refractivity contribution in [2.75, 3.05) is 14.2 Å². The molecular formula is C26H52O7Si2. The average molecular weight is 533 g/mol. The SMILES string of the molecule is COC(=O)C1(OC)C(=O)[C@@H](O[Si](C(C)C)(C(C)C)C(C)C)[C@H](O[Si](C(C)C)(C(C)C)C(C)C)[C@@H]1O. The van der Waals surface area contributed by atoms with E-state index >= 15 is 0 Å². The first-order valence-electron chi connectivity index (χ1n) is 13.2. The fourth-order valence-electron chi connectivity index (χ4n) is 7.10. The smallest absolute Gasteiger partial charge is 0.349 e. The molecule has 0 aliphatic heterocycles. The summed E-state index contributed by atoms with van der Waals surface area (Å²) in [5.41, 5.74) is -0.946. The molecule has 0 heterocycles. The third kappa shape index (κ3) is 5.10. The molecule has 7 nitrogen and oxygen atoms in total. The summed E-state index contributed by atoms with van der Waals surface area (Å²) in [5, 5.41) is 11.6. The highest BCUT2D eigenvalue weighted by atomic mass is 28.4. The number of Topliss-reactive ketones (excluding diaryl/α,β-unsaturated/α-hetero) is 1. The number of aliphatic hydroxyl groups excluding tert-OH is 1. The Bertz CT molecular complexity index is 692. The molecule has 0 radical (unpaired) electrons. The Morgan fingerprint density at radius 3 is 1.37 bits per heavy atom. The quantitative estimate of drug-likeness (QED) is 0.198. The van der Waals surface area contributed by atoms with Crippen LogP contribution in [0.2, 0.25) is 33.2 Å². The zero-order valence-corrected chi connectivity index (χ0v) is 26.6. The van der Waals surface area contributed by atoms with Gasteiger partial charge in [0.15, 0.2) is 0 Å². The molecule has 1 aliphatic rings. The second-order valence-corrected chi connectivity index (χ2v) is 22.8. The van der Waals surface area contributed by atoms with Crippen molar-refractivity contribution in [3.05, 3.63) is 0 Å². The van der Waals surface area contributed by atoms with Crippen LogP contribution in [0.5, 0.6) is 0 Å². The fraction of sp³-hybridized carbons (Fsp3) is 0.923. The van der Waals surface area contributed by atoms with Gasteiger partial charge in [0.25, 0.3) is 5.60 Å². The van der Waals surface area contributed by atoms with Gasteiger partial charge in [0.2, 0.25) is 22.4 Å². The van der Waals surface area contributed by atoms with Crippen LogP contribution in [0.1, 0.15) is 83.1 Å². The molecule has 1 aliphatic carbocycles. The molecule has 4 atom stereocenters. The number of methoxy groups -OCH3 is 2. The van der Waals surface area contributed by atoms with E-state index in [9.17, 15) is 14.7 Å². The summed E-state index contributed by atoms with van der Waals surface area (Å²) in [6, 6.07) is 0. The predicted molar refractivity (Wildman–Crippen MR) is 145 cm³/mol. The summed E-state index contributed by atoms with van der Waals surface area (Å²) >= 11 is 0. The summed E-state index contributed by atoms with van der Waals surface area (Å²) in [6.45, 7) is 25.7. The van der Waals surface area contributed by atoms with Gasteiger partial charge in [-0.25, -0.2) is 4.79 Å². The van der Waals surface area contributed by atoms with E-state index in [1.54, 1.807) is 0 Å². The van der Waals surface area contributed by atoms with Crippen molar-refractivity contribution in [2.45, 2.75) is 140 Å². The lowest BCUT2D eigenvalue weighted by Gasteiger charge is -2.48. The topological polar surface area (TPSA) is 91.3 Å². The van der Waals surface area contributed by atoms with Crippen LogP contribution in [-0.2, 0) is 27.9 Å². The molecule has 0 saturated heterocycles. The molecule has 0 spiro atoms. The van der Waals surface area contributed by atoms with E-state index in [2.05, 4.69) is 83.1 Å². The van der Waals surface area contributed by atoms with E-state index in [1.165, 1.54) is 14.2 Å². The zero-order valence-electron chi connectivity index (χ0n) is 24.6. The van der Waals surface area contributed by atoms with Crippen molar-refractivity contribution in [2.24, 2.45) is 0 Å². The summed E-state index contributed by atoms with van der Waals surface area (Å²) in [4.78, 5) is 27.1. The van der Waals surface area contributed by atoms with E-state index in [1.807, 2.05) is 0 Å². The van der Waals surface area contributed by atoms with Gasteiger partial charge < -0.3 is 23.4 Å². The lowest BCUT2D eigenvalue weighted by atomic mass is 9.98. The first-order chi connectivity index (χ1) is 16.0. The third-order valence-corrected chi connectivity index (χ3v) is 20.7. The minimum absolute atomic E-state index is 0.200. The highest BCUT2D eigenvalue weighted by Gasteiger charge is 2.70. The Morgan fingerprint density at radius 1 is 0.743 bits per heavy atom. The molecular weight excluding hydrogens is 480 g/mol. The predicted octanol–water partition coefficient (Wildman–Crippen LogP) is 5.61. The van der Waals surface area contributed by atoms with Gasteiger partial charge in [-0.05, 0) is 33.2 Å². The molecule has 9 heteroatoms. The zero-order chi connectivity index (χ0) is 27.7. The van der Waals surface area contributed by atoms with Crippen LogP contribution in [0.3, 0.4) is 0 Å². The number of carbonyl (C=O) groups is 2. The summed E-state index contributed by atoms with van der Waals surface area (Å²) in [7, 11) is -2.70. The Morgan fingerprint density at radius 2 is 1.09 bits per heavy atom. The van der Waals surface area contributed by atoms with E-state index in [0.717, 1.165) is 0 Å². The van der Waals surface area contributed by atoms with E-state index in [-0.39, 0.29) is 33.2 Å². The van der Waals surface area contributed by atoms with E-state index in [0.29, 0.717) is 0 Å². The van der Waals surface area contributed by atoms with Gasteiger partial charge in [-0.1, -0.05) is 83.1 Å². The maximum Gasteiger partial charge on any atom is 0.349 e. The molecule has 1 fully saturated rings. The first kappa shape index (κ1) is 32.4. The van der Waals surface area contributed by atoms with Gasteiger partial charge >= 0.3 is 5.97 Å². The molecule has 0 aromatic carbocycles. The van der Waals surface area contributed by atoms with Crippen molar-refractivity contribution in [1.29, 1.82) is 0 Å². The van der Waals surface area contributed by atoms with Crippen molar-refractivity contribution in [1.82, 2.24) is 0 Å². The monoisotopic (exact) mass is 532 g/mol. The summed E-state index contributed by atoms with van der Waals surface area (Å²) in [5.74, 6) is -1.53. The molecule has 0 aromatic rings. The number of hydrogen-bond donors (Lipinski definition) is 1. The van der Waals surface area contributed by atoms with Crippen molar-refractivity contribution in [3.8, 4) is 0 Å². The lowest BCUT2D eigenvalue weighted by Crippen LogP contribution is -2.58. The normalized spacial score (nSPS) is 26.3. The maximum absolute atomic E-state index is 14.1. The van der Waals surface area contributed by atoms with Crippen LogP contribution in [0.4, 0.5) is 0 Å². The van der Waals surface area contributed by atoms with E-state index in [4.69, 9.17) is 18.3 Å². The molecule has 0 bridgehead atoms. The van der Waals surface area contributed by atoms with Crippen molar-refractivity contribution < 1.29 is 33.0 Å². The molecule has 1 N–H and O–H groups in total. The van der Waals surface area contributed by atoms with Gasteiger partial charge in [0, 0.05) is 7.11 Å². The van der Waals surface area contributed by atoms with Crippen LogP contribution in [0, 0.1) is 0 Å². The molecule has 0 amide bonds. The maximum atomic E-state index is 14.1. The lowest BCUT2D eigenvalue weighted by molar-refractivity contribution is -0.182. The standard InChI is InChI=1S/C26H52O7Si2/c1-15(2)34(16(3)4,17(5)6)32-21-22(33-35(18(7)8,19(9)10)20(11)12)24(28)26(31-14,23(21)27)25(29)30-13/h15-23,27H,1-14H3/t21-,22-,23-,26?/m0/s1. The van der Waals surface area contributed by atoms with Crippen molar-refractivity contribution >= 4 is 28.4 Å². The van der Waals surface area contributed by atoms with Gasteiger partial charge in [-0.15, -0.1) is 0 Å². The van der Waals surface area contributed by atoms with Gasteiger partial charge in [0.05, 0.1) is 7.11 Å².